The molecule has 3 rings (SSSR count). The van der Waals surface area contributed by atoms with Crippen LogP contribution in [-0.2, 0) is 37.1 Å². The second-order valence-corrected chi connectivity index (χ2v) is 13.3. The first-order chi connectivity index (χ1) is 22.4. The molecule has 14 heteroatoms. The second kappa shape index (κ2) is 17.8. The Hall–Kier alpha value is -4.79. The van der Waals surface area contributed by atoms with E-state index in [0.29, 0.717) is 5.56 Å². The zero-order chi connectivity index (χ0) is 34.4. The zero-order valence-electron chi connectivity index (χ0n) is 26.2. The fourth-order valence-corrected chi connectivity index (χ4v) is 6.67. The molecular formula is C33H41N5O8S. The summed E-state index contributed by atoms with van der Waals surface area (Å²) >= 11 is 0. The fourth-order valence-electron chi connectivity index (χ4n) is 4.83. The number of nitrogens with two attached hydrogens (primary N) is 1. The quantitative estimate of drug-likeness (QED) is 0.0706. The maximum Gasteiger partial charge on any atom is 0.405 e. The first-order valence-corrected chi connectivity index (χ1v) is 16.5. The topological polar surface area (TPSA) is 210 Å². The molecule has 7 N–H and O–H groups in total. The van der Waals surface area contributed by atoms with Crippen molar-refractivity contribution < 1.29 is 37.9 Å². The van der Waals surface area contributed by atoms with Gasteiger partial charge in [-0.05, 0) is 41.2 Å². The molecule has 0 radical (unpaired) electrons. The Morgan fingerprint density at radius 1 is 0.936 bits per heavy atom. The van der Waals surface area contributed by atoms with Gasteiger partial charge in [-0.25, -0.2) is 13.2 Å². The van der Waals surface area contributed by atoms with Gasteiger partial charge in [0.25, 0.3) is 5.91 Å². The van der Waals surface area contributed by atoms with Crippen LogP contribution in [0.15, 0.2) is 95.0 Å². The Morgan fingerprint density at radius 2 is 1.53 bits per heavy atom. The minimum absolute atomic E-state index is 0.0272. The zero-order valence-corrected chi connectivity index (χ0v) is 27.0. The number of aliphatic hydroxyl groups excluding tert-OH is 1. The number of nitrogens with one attached hydrogen (secondary N) is 3. The third kappa shape index (κ3) is 11.5. The van der Waals surface area contributed by atoms with Crippen molar-refractivity contribution in [3.63, 3.8) is 0 Å². The normalized spacial score (nSPS) is 14.2. The second-order valence-electron chi connectivity index (χ2n) is 11.2. The molecule has 3 aromatic carbocycles. The molecule has 0 spiro atoms. The van der Waals surface area contributed by atoms with Crippen LogP contribution in [0.25, 0.3) is 0 Å². The summed E-state index contributed by atoms with van der Waals surface area (Å²) in [6.07, 6.45) is -3.40. The number of hydrogen-bond donors (Lipinski definition) is 6. The number of aliphatic hydroxyl groups is 1. The molecule has 13 nitrogen and oxygen atoms in total. The van der Waals surface area contributed by atoms with Gasteiger partial charge in [0.05, 0.1) is 29.7 Å². The highest BCUT2D eigenvalue weighted by molar-refractivity contribution is 7.92. The Bertz CT molecular complexity index is 1590. The van der Waals surface area contributed by atoms with Crippen LogP contribution in [0, 0.1) is 5.92 Å². The Balaban J connectivity index is 1.76. The van der Waals surface area contributed by atoms with Gasteiger partial charge in [-0.3, -0.25) is 14.9 Å². The summed E-state index contributed by atoms with van der Waals surface area (Å²) in [5.41, 5.74) is 7.28. The molecule has 0 fully saturated rings. The van der Waals surface area contributed by atoms with E-state index in [-0.39, 0.29) is 24.4 Å². The molecule has 252 valence electrons. The highest BCUT2D eigenvalue weighted by Gasteiger charge is 2.33. The van der Waals surface area contributed by atoms with Gasteiger partial charge < -0.3 is 31.4 Å². The molecule has 0 unspecified atom stereocenters. The summed E-state index contributed by atoms with van der Waals surface area (Å²) in [6.45, 7) is 3.37. The van der Waals surface area contributed by atoms with E-state index in [1.54, 1.807) is 44.2 Å². The van der Waals surface area contributed by atoms with Crippen molar-refractivity contribution in [1.29, 1.82) is 0 Å². The molecule has 0 saturated heterocycles. The monoisotopic (exact) mass is 667 g/mol. The lowest BCUT2D eigenvalue weighted by molar-refractivity contribution is -0.135. The van der Waals surface area contributed by atoms with Crippen molar-refractivity contribution in [3.8, 4) is 0 Å². The van der Waals surface area contributed by atoms with Crippen molar-refractivity contribution in [1.82, 2.24) is 16.0 Å². The van der Waals surface area contributed by atoms with E-state index in [4.69, 9.17) is 15.7 Å². The highest BCUT2D eigenvalue weighted by Crippen LogP contribution is 2.21. The lowest BCUT2D eigenvalue weighted by Gasteiger charge is -2.29. The summed E-state index contributed by atoms with van der Waals surface area (Å²) in [5.74, 6) is -1.85. The summed E-state index contributed by atoms with van der Waals surface area (Å²) < 4.78 is 32.1. The van der Waals surface area contributed by atoms with Crippen molar-refractivity contribution in [2.45, 2.75) is 61.8 Å². The number of carbonyl (C=O) groups is 3. The molecule has 0 aromatic heterocycles. The molecule has 0 heterocycles. The maximum absolute atomic E-state index is 13.5. The summed E-state index contributed by atoms with van der Waals surface area (Å²) in [5, 5.41) is 30.2. The minimum Gasteiger partial charge on any atom is -0.436 e. The first-order valence-electron chi connectivity index (χ1n) is 14.9. The number of rotatable bonds is 17. The molecule has 47 heavy (non-hydrogen) atoms. The number of hydrogen-bond acceptors (Lipinski definition) is 10. The SMILES string of the molecule is CC(C)[C@@H](NC[C@@H](O)[C@H](Cc1ccccc1)NC(=O)[C@H](CC(=O)NCc1ccccc1)OC(N)=O)S(=O)(=O)c1ccc(/C=N/O)cc1. The van der Waals surface area contributed by atoms with E-state index in [0.717, 1.165) is 11.1 Å². The van der Waals surface area contributed by atoms with E-state index in [9.17, 15) is 27.9 Å². The average molecular weight is 668 g/mol. The first kappa shape index (κ1) is 36.7. The van der Waals surface area contributed by atoms with Crippen LogP contribution >= 0.6 is 0 Å². The molecule has 3 aromatic rings. The Kier molecular flexibility index (Phi) is 13.9. The smallest absolute Gasteiger partial charge is 0.405 e. The van der Waals surface area contributed by atoms with E-state index < -0.39 is 63.7 Å². The summed E-state index contributed by atoms with van der Waals surface area (Å²) in [4.78, 5) is 37.7. The lowest BCUT2D eigenvalue weighted by atomic mass is 10.00. The van der Waals surface area contributed by atoms with Gasteiger partial charge in [0.15, 0.2) is 15.9 Å². The van der Waals surface area contributed by atoms with Crippen LogP contribution < -0.4 is 21.7 Å². The van der Waals surface area contributed by atoms with Crippen molar-refractivity contribution in [2.75, 3.05) is 6.54 Å². The predicted octanol–water partition coefficient (Wildman–Crippen LogP) is 2.10. The third-order valence-electron chi connectivity index (χ3n) is 7.23. The largest absolute Gasteiger partial charge is 0.436 e. The number of amides is 3. The predicted molar refractivity (Wildman–Crippen MR) is 175 cm³/mol. The number of nitrogens with zero attached hydrogens (tertiary/aromatic N) is 1. The number of oxime groups is 1. The van der Waals surface area contributed by atoms with Crippen LogP contribution in [-0.4, -0.2) is 73.0 Å². The Morgan fingerprint density at radius 3 is 2.09 bits per heavy atom. The van der Waals surface area contributed by atoms with Gasteiger partial charge in [-0.2, -0.15) is 0 Å². The maximum atomic E-state index is 13.5. The number of sulfone groups is 1. The van der Waals surface area contributed by atoms with Gasteiger partial charge in [-0.15, -0.1) is 0 Å². The van der Waals surface area contributed by atoms with E-state index in [2.05, 4.69) is 21.1 Å². The van der Waals surface area contributed by atoms with Crippen LogP contribution in [0.2, 0.25) is 0 Å². The molecule has 4 atom stereocenters. The molecule has 0 aliphatic carbocycles. The lowest BCUT2D eigenvalue weighted by Crippen LogP contribution is -2.54. The Labute approximate surface area is 274 Å². The average Bonchev–Trinajstić information content (AvgIpc) is 3.04. The van der Waals surface area contributed by atoms with Crippen molar-refractivity contribution in [3.05, 3.63) is 102 Å². The van der Waals surface area contributed by atoms with Crippen LogP contribution in [0.3, 0.4) is 0 Å². The van der Waals surface area contributed by atoms with E-state index in [1.807, 2.05) is 30.3 Å². The highest BCUT2D eigenvalue weighted by atomic mass is 32.2. The van der Waals surface area contributed by atoms with Gasteiger partial charge in [0, 0.05) is 13.1 Å². The van der Waals surface area contributed by atoms with Gasteiger partial charge in [-0.1, -0.05) is 91.8 Å². The fraction of sp³-hybridized carbons (Fsp3) is 0.333. The number of ether oxygens (including phenoxy) is 1. The minimum atomic E-state index is -3.93. The molecule has 0 saturated carbocycles. The van der Waals surface area contributed by atoms with Crippen LogP contribution in [0.5, 0.6) is 0 Å². The van der Waals surface area contributed by atoms with Gasteiger partial charge in [0.2, 0.25) is 5.91 Å². The molecule has 3 amide bonds. The van der Waals surface area contributed by atoms with E-state index in [1.165, 1.54) is 30.5 Å². The third-order valence-corrected chi connectivity index (χ3v) is 9.54. The van der Waals surface area contributed by atoms with Crippen LogP contribution in [0.1, 0.15) is 37.0 Å². The molecule has 0 aliphatic rings. The van der Waals surface area contributed by atoms with Crippen molar-refractivity contribution in [2.24, 2.45) is 16.8 Å². The summed E-state index contributed by atoms with van der Waals surface area (Å²) in [7, 11) is -3.93. The number of primary amides is 1. The number of carbonyl (C=O) groups excluding carboxylic acids is 3. The van der Waals surface area contributed by atoms with Gasteiger partial charge >= 0.3 is 6.09 Å². The summed E-state index contributed by atoms with van der Waals surface area (Å²) in [6, 6.07) is 22.8. The van der Waals surface area contributed by atoms with Gasteiger partial charge in [0.1, 0.15) is 5.37 Å². The van der Waals surface area contributed by atoms with E-state index >= 15 is 0 Å². The molecular weight excluding hydrogens is 626 g/mol. The van der Waals surface area contributed by atoms with Crippen molar-refractivity contribution >= 4 is 34.0 Å². The van der Waals surface area contributed by atoms with Crippen LogP contribution in [0.4, 0.5) is 4.79 Å². The molecule has 0 aliphatic heterocycles. The standard InChI is InChI=1S/C33H41N5O8S/c1-22(2)32(47(44,45)26-15-13-25(14-16-26)20-37-43)36-21-28(39)27(17-23-9-5-3-6-10-23)38-31(41)29(46-33(34)42)18-30(40)35-19-24-11-7-4-8-12-24/h3-16,20,22,27-29,32,36,39,43H,17-19,21H2,1-2H3,(H2,34,42)(H,35,40)(H,38,41)/b37-20+/t27-,28+,29-,32-/m0/s1. The number of benzene rings is 3. The molecule has 0 bridgehead atoms.